The molecular weight excluding hydrogens is 294 g/mol. The Hall–Kier alpha value is -2.04. The van der Waals surface area contributed by atoms with Crippen molar-refractivity contribution in [2.45, 2.75) is 39.0 Å². The van der Waals surface area contributed by atoms with Gasteiger partial charge in [0.05, 0.1) is 13.0 Å². The molecule has 5 heteroatoms. The van der Waals surface area contributed by atoms with Crippen molar-refractivity contribution in [3.63, 3.8) is 0 Å². The van der Waals surface area contributed by atoms with E-state index in [1.54, 1.807) is 7.11 Å². The van der Waals surface area contributed by atoms with Crippen LogP contribution in [0.2, 0.25) is 0 Å². The van der Waals surface area contributed by atoms with Crippen LogP contribution in [0.4, 0.5) is 0 Å². The number of carboxylic acid groups (broad SMARTS) is 1. The van der Waals surface area contributed by atoms with Gasteiger partial charge in [0, 0.05) is 12.0 Å². The van der Waals surface area contributed by atoms with Crippen LogP contribution in [0.3, 0.4) is 0 Å². The van der Waals surface area contributed by atoms with Crippen molar-refractivity contribution < 1.29 is 19.4 Å². The predicted octanol–water partition coefficient (Wildman–Crippen LogP) is 2.63. The Kier molecular flexibility index (Phi) is 5.64. The van der Waals surface area contributed by atoms with Crippen LogP contribution in [0.5, 0.6) is 5.75 Å². The topological polar surface area (TPSA) is 75.6 Å². The average Bonchev–Trinajstić information content (AvgIpc) is 2.99. The number of carboxylic acids is 1. The minimum absolute atomic E-state index is 0.0266. The molecule has 1 aliphatic carbocycles. The highest BCUT2D eigenvalue weighted by Crippen LogP contribution is 2.37. The van der Waals surface area contributed by atoms with Gasteiger partial charge in [0.25, 0.3) is 0 Å². The Morgan fingerprint density at radius 1 is 1.30 bits per heavy atom. The summed E-state index contributed by atoms with van der Waals surface area (Å²) < 4.78 is 5.27. The van der Waals surface area contributed by atoms with Gasteiger partial charge in [-0.15, -0.1) is 0 Å². The lowest BCUT2D eigenvalue weighted by Gasteiger charge is -2.23. The van der Waals surface area contributed by atoms with Crippen molar-refractivity contribution in [3.05, 3.63) is 29.8 Å². The first kappa shape index (κ1) is 17.3. The van der Waals surface area contributed by atoms with Crippen molar-refractivity contribution >= 4 is 11.9 Å². The van der Waals surface area contributed by atoms with E-state index in [9.17, 15) is 14.7 Å². The van der Waals surface area contributed by atoms with Crippen LogP contribution in [0, 0.1) is 11.3 Å². The van der Waals surface area contributed by atoms with E-state index in [0.29, 0.717) is 12.2 Å². The molecule has 0 heterocycles. The van der Waals surface area contributed by atoms with Crippen LogP contribution < -0.4 is 10.1 Å². The van der Waals surface area contributed by atoms with E-state index in [1.807, 2.05) is 31.2 Å². The Balaban J connectivity index is 1.99. The van der Waals surface area contributed by atoms with Gasteiger partial charge in [0.15, 0.2) is 0 Å². The van der Waals surface area contributed by atoms with Crippen LogP contribution in [0.15, 0.2) is 24.3 Å². The van der Waals surface area contributed by atoms with Gasteiger partial charge in [0.2, 0.25) is 5.91 Å². The fourth-order valence-electron chi connectivity index (χ4n) is 3.20. The quantitative estimate of drug-likeness (QED) is 0.810. The average molecular weight is 319 g/mol. The molecule has 0 bridgehead atoms. The maximum atomic E-state index is 12.3. The van der Waals surface area contributed by atoms with Crippen molar-refractivity contribution in [3.8, 4) is 5.75 Å². The zero-order chi connectivity index (χ0) is 16.9. The minimum atomic E-state index is -0.909. The molecule has 2 rings (SSSR count). The zero-order valence-corrected chi connectivity index (χ0v) is 13.8. The molecule has 1 aliphatic rings. The molecule has 1 aromatic rings. The summed E-state index contributed by atoms with van der Waals surface area (Å²) in [5, 5.41) is 12.3. The van der Waals surface area contributed by atoms with Gasteiger partial charge in [-0.25, -0.2) is 0 Å². The number of ether oxygens (including phenoxy) is 1. The first-order valence-corrected chi connectivity index (χ1v) is 8.09. The van der Waals surface area contributed by atoms with E-state index in [0.717, 1.165) is 31.2 Å². The second kappa shape index (κ2) is 7.49. The van der Waals surface area contributed by atoms with Crippen molar-refractivity contribution in [2.75, 3.05) is 13.7 Å². The number of carbonyl (C=O) groups is 2. The van der Waals surface area contributed by atoms with Gasteiger partial charge in [-0.2, -0.15) is 0 Å². The fourth-order valence-corrected chi connectivity index (χ4v) is 3.20. The first-order valence-electron chi connectivity index (χ1n) is 8.09. The van der Waals surface area contributed by atoms with E-state index in [4.69, 9.17) is 4.74 Å². The third-order valence-corrected chi connectivity index (χ3v) is 4.77. The highest BCUT2D eigenvalue weighted by molar-refractivity contribution is 5.83. The van der Waals surface area contributed by atoms with Crippen molar-refractivity contribution in [1.29, 1.82) is 0 Å². The number of amides is 1. The third kappa shape index (κ3) is 4.24. The number of benzene rings is 1. The van der Waals surface area contributed by atoms with Crippen molar-refractivity contribution in [2.24, 2.45) is 11.3 Å². The number of nitrogens with one attached hydrogen (secondary N) is 1. The number of para-hydroxylation sites is 1. The van der Waals surface area contributed by atoms with Crippen LogP contribution in [-0.4, -0.2) is 30.6 Å². The molecule has 1 fully saturated rings. The molecule has 0 saturated heterocycles. The number of rotatable bonds is 7. The summed E-state index contributed by atoms with van der Waals surface area (Å²) >= 11 is 0. The number of methoxy groups -OCH3 is 1. The standard InChI is InChI=1S/C18H25NO4/c1-18(9-5-6-10-18)17(22)19-12-14(16(20)21)11-13-7-3-4-8-15(13)23-2/h3-4,7-8,14H,5-6,9-12H2,1-2H3,(H,19,22)(H,20,21). The summed E-state index contributed by atoms with van der Waals surface area (Å²) in [4.78, 5) is 23.9. The summed E-state index contributed by atoms with van der Waals surface area (Å²) in [6.07, 6.45) is 4.21. The Morgan fingerprint density at radius 3 is 2.57 bits per heavy atom. The lowest BCUT2D eigenvalue weighted by Crippen LogP contribution is -2.41. The second-order valence-corrected chi connectivity index (χ2v) is 6.53. The SMILES string of the molecule is COc1ccccc1CC(CNC(=O)C1(C)CCCC1)C(=O)O. The van der Waals surface area contributed by atoms with E-state index in [2.05, 4.69) is 5.32 Å². The number of hydrogen-bond acceptors (Lipinski definition) is 3. The molecule has 1 unspecified atom stereocenters. The van der Waals surface area contributed by atoms with Crippen LogP contribution in [0.25, 0.3) is 0 Å². The highest BCUT2D eigenvalue weighted by atomic mass is 16.5. The molecule has 23 heavy (non-hydrogen) atoms. The summed E-state index contributed by atoms with van der Waals surface area (Å²) in [5.41, 5.74) is 0.497. The summed E-state index contributed by atoms with van der Waals surface area (Å²) in [7, 11) is 1.57. The maximum absolute atomic E-state index is 12.3. The molecule has 1 amide bonds. The van der Waals surface area contributed by atoms with Gasteiger partial charge in [0.1, 0.15) is 5.75 Å². The van der Waals surface area contributed by atoms with Crippen LogP contribution in [0.1, 0.15) is 38.2 Å². The maximum Gasteiger partial charge on any atom is 0.308 e. The Labute approximate surface area is 137 Å². The molecule has 0 spiro atoms. The molecule has 1 atom stereocenters. The third-order valence-electron chi connectivity index (χ3n) is 4.77. The molecule has 5 nitrogen and oxygen atoms in total. The molecule has 2 N–H and O–H groups in total. The summed E-state index contributed by atoms with van der Waals surface area (Å²) in [6, 6.07) is 7.37. The van der Waals surface area contributed by atoms with E-state index in [-0.39, 0.29) is 17.9 Å². The predicted molar refractivity (Wildman–Crippen MR) is 87.4 cm³/mol. The van der Waals surface area contributed by atoms with E-state index in [1.165, 1.54) is 0 Å². The fraction of sp³-hybridized carbons (Fsp3) is 0.556. The second-order valence-electron chi connectivity index (χ2n) is 6.53. The van der Waals surface area contributed by atoms with E-state index < -0.39 is 11.9 Å². The molecule has 1 aromatic carbocycles. The lowest BCUT2D eigenvalue weighted by atomic mass is 9.87. The smallest absolute Gasteiger partial charge is 0.308 e. The molecule has 0 aromatic heterocycles. The minimum Gasteiger partial charge on any atom is -0.496 e. The van der Waals surface area contributed by atoms with Crippen molar-refractivity contribution in [1.82, 2.24) is 5.32 Å². The van der Waals surface area contributed by atoms with Gasteiger partial charge in [-0.05, 0) is 30.9 Å². The van der Waals surface area contributed by atoms with Gasteiger partial charge in [-0.1, -0.05) is 38.0 Å². The number of aliphatic carboxylic acids is 1. The molecule has 0 radical (unpaired) electrons. The van der Waals surface area contributed by atoms with Gasteiger partial charge < -0.3 is 15.2 Å². The molecular formula is C18H25NO4. The van der Waals surface area contributed by atoms with Crippen LogP contribution in [-0.2, 0) is 16.0 Å². The first-order chi connectivity index (χ1) is 11.0. The molecule has 0 aliphatic heterocycles. The lowest BCUT2D eigenvalue weighted by molar-refractivity contribution is -0.141. The highest BCUT2D eigenvalue weighted by Gasteiger charge is 2.36. The molecule has 126 valence electrons. The normalized spacial score (nSPS) is 17.5. The summed E-state index contributed by atoms with van der Waals surface area (Å²) in [5.74, 6) is -0.929. The van der Waals surface area contributed by atoms with E-state index >= 15 is 0 Å². The van der Waals surface area contributed by atoms with Crippen LogP contribution >= 0.6 is 0 Å². The Morgan fingerprint density at radius 2 is 1.96 bits per heavy atom. The summed E-state index contributed by atoms with van der Waals surface area (Å²) in [6.45, 7) is 2.10. The number of hydrogen-bond donors (Lipinski definition) is 2. The monoisotopic (exact) mass is 319 g/mol. The number of carbonyl (C=O) groups excluding carboxylic acids is 1. The zero-order valence-electron chi connectivity index (χ0n) is 13.8. The van der Waals surface area contributed by atoms with Gasteiger partial charge >= 0.3 is 5.97 Å². The largest absolute Gasteiger partial charge is 0.496 e. The molecule has 1 saturated carbocycles. The van der Waals surface area contributed by atoms with Gasteiger partial charge in [-0.3, -0.25) is 9.59 Å². The Bertz CT molecular complexity index is 564.